The minimum absolute atomic E-state index is 0.111. The van der Waals surface area contributed by atoms with Crippen molar-refractivity contribution < 1.29 is 19.1 Å². The molecule has 0 saturated heterocycles. The molecule has 0 unspecified atom stereocenters. The molecule has 112 valence electrons. The quantitative estimate of drug-likeness (QED) is 0.321. The van der Waals surface area contributed by atoms with Gasteiger partial charge in [0, 0.05) is 0 Å². The number of hydrogen-bond acceptors (Lipinski definition) is 6. The van der Waals surface area contributed by atoms with E-state index in [4.69, 9.17) is 15.3 Å². The summed E-state index contributed by atoms with van der Waals surface area (Å²) < 4.78 is 9.16. The molecule has 0 N–H and O–H groups in total. The Bertz CT molecular complexity index is 493. The summed E-state index contributed by atoms with van der Waals surface area (Å²) in [5.41, 5.74) is -0.340. The molecule has 0 radical (unpaired) electrons. The van der Waals surface area contributed by atoms with Crippen LogP contribution in [0, 0.1) is 28.6 Å². The summed E-state index contributed by atoms with van der Waals surface area (Å²) >= 11 is 0. The summed E-state index contributed by atoms with van der Waals surface area (Å²) in [6.07, 6.45) is 1.42. The fraction of sp³-hybridized carbons (Fsp3) is 0.333. The maximum Gasteiger partial charge on any atom is 0.348 e. The lowest BCUT2D eigenvalue weighted by molar-refractivity contribution is -0.139. The molecule has 0 aromatic rings. The zero-order valence-corrected chi connectivity index (χ0v) is 12.2. The van der Waals surface area contributed by atoms with E-state index >= 15 is 0 Å². The fourth-order valence-electron chi connectivity index (χ4n) is 0.642. The van der Waals surface area contributed by atoms with Crippen LogP contribution in [0.3, 0.4) is 0 Å². The number of hydrogen-bond donors (Lipinski definition) is 0. The minimum atomic E-state index is -0.692. The minimum Gasteiger partial charge on any atom is -0.461 e. The normalized spacial score (nSPS) is 8.24. The van der Waals surface area contributed by atoms with Crippen molar-refractivity contribution in [1.82, 2.24) is 0 Å². The van der Waals surface area contributed by atoms with Gasteiger partial charge in [0.15, 0.2) is 0 Å². The van der Waals surface area contributed by atoms with E-state index in [2.05, 4.69) is 24.5 Å². The lowest BCUT2D eigenvalue weighted by atomic mass is 10.2. The molecule has 6 nitrogen and oxygen atoms in total. The first-order chi connectivity index (χ1) is 9.79. The highest BCUT2D eigenvalue weighted by Crippen LogP contribution is 1.97. The smallest absolute Gasteiger partial charge is 0.348 e. The maximum absolute atomic E-state index is 10.7. The fourth-order valence-corrected chi connectivity index (χ4v) is 0.642. The van der Waals surface area contributed by atoms with Gasteiger partial charge in [-0.05, 0) is 5.92 Å². The standard InChI is InChI=1S/C8H11NO2.C7H7NO2/c1-6(2)5-11-8(10)7(3)4-9;1-3-4-10-7(9)6(2)5-8/h6H,3,5H2,1-2H3;3H,1-2,4H2. The molecule has 0 amide bonds. The van der Waals surface area contributed by atoms with Gasteiger partial charge in [0.2, 0.25) is 0 Å². The van der Waals surface area contributed by atoms with Gasteiger partial charge in [-0.1, -0.05) is 39.7 Å². The Kier molecular flexibility index (Phi) is 11.9. The first-order valence-corrected chi connectivity index (χ1v) is 5.93. The van der Waals surface area contributed by atoms with E-state index < -0.39 is 11.9 Å². The van der Waals surface area contributed by atoms with E-state index in [-0.39, 0.29) is 23.7 Å². The van der Waals surface area contributed by atoms with E-state index in [1.54, 1.807) is 12.1 Å². The number of nitriles is 2. The monoisotopic (exact) mass is 290 g/mol. The Morgan fingerprint density at radius 3 is 1.86 bits per heavy atom. The van der Waals surface area contributed by atoms with Crippen LogP contribution in [0.1, 0.15) is 13.8 Å². The predicted octanol–water partition coefficient (Wildman–Crippen LogP) is 2.06. The summed E-state index contributed by atoms with van der Waals surface area (Å²) in [6, 6.07) is 3.19. The molecule has 0 aromatic heterocycles. The van der Waals surface area contributed by atoms with Crippen LogP contribution in [0.5, 0.6) is 0 Å². The molecular weight excluding hydrogens is 272 g/mol. The largest absolute Gasteiger partial charge is 0.461 e. The Morgan fingerprint density at radius 1 is 1.10 bits per heavy atom. The number of ether oxygens (including phenoxy) is 2. The third-order valence-electron chi connectivity index (χ3n) is 1.64. The SMILES string of the molecule is C=C(C#N)C(=O)OCC(C)C.C=CCOC(=O)C(=C)C#N. The van der Waals surface area contributed by atoms with Crippen molar-refractivity contribution in [3.05, 3.63) is 37.0 Å². The van der Waals surface area contributed by atoms with Gasteiger partial charge in [-0.2, -0.15) is 10.5 Å². The van der Waals surface area contributed by atoms with Crippen LogP contribution in [-0.2, 0) is 19.1 Å². The molecule has 21 heavy (non-hydrogen) atoms. The summed E-state index contributed by atoms with van der Waals surface area (Å²) in [5, 5.41) is 16.3. The molecule has 0 bridgehead atoms. The molecular formula is C15H18N2O4. The summed E-state index contributed by atoms with van der Waals surface area (Å²) in [7, 11) is 0. The molecule has 0 spiro atoms. The Morgan fingerprint density at radius 2 is 1.52 bits per heavy atom. The van der Waals surface area contributed by atoms with Gasteiger partial charge in [-0.25, -0.2) is 9.59 Å². The van der Waals surface area contributed by atoms with E-state index in [9.17, 15) is 9.59 Å². The summed E-state index contributed by atoms with van der Waals surface area (Å²) in [6.45, 7) is 14.0. The average molecular weight is 290 g/mol. The molecule has 0 aliphatic rings. The van der Waals surface area contributed by atoms with Crippen LogP contribution in [-0.4, -0.2) is 25.2 Å². The number of nitrogens with zero attached hydrogens (tertiary/aromatic N) is 2. The Balaban J connectivity index is 0. The van der Waals surface area contributed by atoms with Crippen molar-refractivity contribution in [3.63, 3.8) is 0 Å². The Hall–Kier alpha value is -2.86. The number of rotatable bonds is 6. The molecule has 0 heterocycles. The molecule has 6 heteroatoms. The third-order valence-corrected chi connectivity index (χ3v) is 1.64. The average Bonchev–Trinajstić information content (AvgIpc) is 2.48. The predicted molar refractivity (Wildman–Crippen MR) is 76.5 cm³/mol. The van der Waals surface area contributed by atoms with Gasteiger partial charge >= 0.3 is 11.9 Å². The van der Waals surface area contributed by atoms with Gasteiger partial charge in [0.05, 0.1) is 6.61 Å². The van der Waals surface area contributed by atoms with Crippen molar-refractivity contribution in [2.45, 2.75) is 13.8 Å². The molecule has 0 aromatic carbocycles. The lowest BCUT2D eigenvalue weighted by Gasteiger charge is -2.04. The topological polar surface area (TPSA) is 100 Å². The Labute approximate surface area is 124 Å². The molecule has 0 rings (SSSR count). The van der Waals surface area contributed by atoms with E-state index in [0.29, 0.717) is 6.61 Å². The van der Waals surface area contributed by atoms with Crippen molar-refractivity contribution in [2.75, 3.05) is 13.2 Å². The van der Waals surface area contributed by atoms with E-state index in [1.807, 2.05) is 13.8 Å². The van der Waals surface area contributed by atoms with Crippen LogP contribution in [0.2, 0.25) is 0 Å². The highest BCUT2D eigenvalue weighted by atomic mass is 16.5. The summed E-state index contributed by atoms with van der Waals surface area (Å²) in [5.74, 6) is -1.03. The number of esters is 2. The van der Waals surface area contributed by atoms with Gasteiger partial charge in [0.25, 0.3) is 0 Å². The highest BCUT2D eigenvalue weighted by Gasteiger charge is 2.07. The maximum atomic E-state index is 10.7. The second-order valence-electron chi connectivity index (χ2n) is 4.06. The van der Waals surface area contributed by atoms with Crippen LogP contribution in [0.15, 0.2) is 37.0 Å². The number of carbonyl (C=O) groups excluding carboxylic acids is 2. The van der Waals surface area contributed by atoms with Crippen molar-refractivity contribution >= 4 is 11.9 Å². The van der Waals surface area contributed by atoms with Crippen molar-refractivity contribution in [3.8, 4) is 12.1 Å². The van der Waals surface area contributed by atoms with Crippen LogP contribution in [0.4, 0.5) is 0 Å². The van der Waals surface area contributed by atoms with Gasteiger partial charge < -0.3 is 9.47 Å². The molecule has 0 aliphatic carbocycles. The van der Waals surface area contributed by atoms with E-state index in [1.165, 1.54) is 6.08 Å². The molecule has 0 fully saturated rings. The van der Waals surface area contributed by atoms with Crippen molar-refractivity contribution in [2.24, 2.45) is 5.92 Å². The molecule has 0 atom stereocenters. The number of carbonyl (C=O) groups is 2. The first-order valence-electron chi connectivity index (χ1n) is 5.93. The molecule has 0 aliphatic heterocycles. The van der Waals surface area contributed by atoms with Gasteiger partial charge in [-0.3, -0.25) is 0 Å². The second-order valence-corrected chi connectivity index (χ2v) is 4.06. The highest BCUT2D eigenvalue weighted by molar-refractivity contribution is 5.92. The summed E-state index contributed by atoms with van der Waals surface area (Å²) in [4.78, 5) is 21.3. The second kappa shape index (κ2) is 12.2. The molecule has 0 saturated carbocycles. The third kappa shape index (κ3) is 11.9. The first kappa shape index (κ1) is 20.5. The van der Waals surface area contributed by atoms with E-state index in [0.717, 1.165) is 0 Å². The van der Waals surface area contributed by atoms with Crippen molar-refractivity contribution in [1.29, 1.82) is 10.5 Å². The zero-order chi connectivity index (χ0) is 16.8. The van der Waals surface area contributed by atoms with Gasteiger partial charge in [-0.15, -0.1) is 0 Å². The zero-order valence-electron chi connectivity index (χ0n) is 12.2. The lowest BCUT2D eigenvalue weighted by Crippen LogP contribution is -2.10. The van der Waals surface area contributed by atoms with Crippen LogP contribution < -0.4 is 0 Å². The van der Waals surface area contributed by atoms with Crippen LogP contribution >= 0.6 is 0 Å². The van der Waals surface area contributed by atoms with Gasteiger partial charge in [0.1, 0.15) is 29.9 Å². The van der Waals surface area contributed by atoms with Crippen LogP contribution in [0.25, 0.3) is 0 Å².